The third kappa shape index (κ3) is 2.63. The Bertz CT molecular complexity index is 877. The molecule has 21 heavy (non-hydrogen) atoms. The largest absolute Gasteiger partial charge is 0.497 e. The molecule has 0 saturated heterocycles. The maximum absolute atomic E-state index is 11.7. The predicted molar refractivity (Wildman–Crippen MR) is 80.3 cm³/mol. The lowest BCUT2D eigenvalue weighted by Gasteiger charge is -2.01. The molecule has 0 unspecified atom stereocenters. The Balaban J connectivity index is 2.01. The van der Waals surface area contributed by atoms with Gasteiger partial charge in [-0.15, -0.1) is 11.3 Å². The first-order valence-electron chi connectivity index (χ1n) is 6.10. The number of nitrogens with one attached hydrogen (secondary N) is 1. The molecule has 0 saturated carbocycles. The number of ether oxygens (including phenoxy) is 1. The molecular weight excluding hydrogens is 290 g/mol. The van der Waals surface area contributed by atoms with Crippen LogP contribution in [-0.4, -0.2) is 21.9 Å². The second-order valence-electron chi connectivity index (χ2n) is 4.23. The Kier molecular flexibility index (Phi) is 3.41. The summed E-state index contributed by atoms with van der Waals surface area (Å²) in [5.41, 5.74) is 0.958. The number of thiazole rings is 1. The molecule has 0 atom stereocenters. The molecule has 2 aromatic heterocycles. The molecule has 0 aliphatic rings. The zero-order chi connectivity index (χ0) is 14.8. The highest BCUT2D eigenvalue weighted by Crippen LogP contribution is 2.24. The van der Waals surface area contributed by atoms with E-state index in [2.05, 4.69) is 10.1 Å². The lowest BCUT2D eigenvalue weighted by atomic mass is 10.2. The summed E-state index contributed by atoms with van der Waals surface area (Å²) in [4.78, 5) is 27.4. The van der Waals surface area contributed by atoms with E-state index >= 15 is 0 Å². The van der Waals surface area contributed by atoms with Crippen LogP contribution in [0.15, 0.2) is 51.4 Å². The third-order valence-corrected chi connectivity index (χ3v) is 3.71. The van der Waals surface area contributed by atoms with Crippen LogP contribution in [0.5, 0.6) is 5.75 Å². The molecule has 0 amide bonds. The van der Waals surface area contributed by atoms with Crippen LogP contribution in [0.1, 0.15) is 0 Å². The molecule has 1 N–H and O–H groups in total. The maximum Gasteiger partial charge on any atom is 0.272 e. The maximum atomic E-state index is 11.7. The second kappa shape index (κ2) is 5.37. The summed E-state index contributed by atoms with van der Waals surface area (Å²) in [6.07, 6.45) is 0. The van der Waals surface area contributed by atoms with Gasteiger partial charge in [0, 0.05) is 23.1 Å². The van der Waals surface area contributed by atoms with Gasteiger partial charge in [0.15, 0.2) is 0 Å². The molecule has 7 heteroatoms. The van der Waals surface area contributed by atoms with Gasteiger partial charge in [-0.1, -0.05) is 0 Å². The van der Waals surface area contributed by atoms with E-state index < -0.39 is 0 Å². The van der Waals surface area contributed by atoms with E-state index in [1.165, 1.54) is 23.5 Å². The molecule has 0 aliphatic heterocycles. The summed E-state index contributed by atoms with van der Waals surface area (Å²) >= 11 is 1.28. The molecule has 3 rings (SSSR count). The second-order valence-corrected chi connectivity index (χ2v) is 5.06. The van der Waals surface area contributed by atoms with Crippen LogP contribution < -0.4 is 15.9 Å². The number of aromatic amines is 1. The highest BCUT2D eigenvalue weighted by molar-refractivity contribution is 7.12. The summed E-state index contributed by atoms with van der Waals surface area (Å²) in [7, 11) is 1.61. The Morgan fingerprint density at radius 1 is 1.14 bits per heavy atom. The standard InChI is InChI=1S/C14H11N3O3S/c1-20-10-4-2-9(3-5-10)11-8-21-14(15-11)17-13(19)7-6-12(18)16-17/h2-8H,1H3,(H,16,18). The van der Waals surface area contributed by atoms with Crippen molar-refractivity contribution in [3.05, 3.63) is 62.5 Å². The zero-order valence-corrected chi connectivity index (χ0v) is 11.9. The fourth-order valence-corrected chi connectivity index (χ4v) is 2.63. The Morgan fingerprint density at radius 2 is 1.90 bits per heavy atom. The molecule has 106 valence electrons. The summed E-state index contributed by atoms with van der Waals surface area (Å²) in [6, 6.07) is 9.85. The summed E-state index contributed by atoms with van der Waals surface area (Å²) in [5, 5.41) is 4.70. The molecule has 6 nitrogen and oxygen atoms in total. The van der Waals surface area contributed by atoms with Crippen LogP contribution in [0.25, 0.3) is 16.4 Å². The van der Waals surface area contributed by atoms with Crippen molar-refractivity contribution < 1.29 is 4.74 Å². The topological polar surface area (TPSA) is 77.0 Å². The van der Waals surface area contributed by atoms with E-state index in [1.807, 2.05) is 29.6 Å². The van der Waals surface area contributed by atoms with Crippen molar-refractivity contribution in [2.45, 2.75) is 0 Å². The highest BCUT2D eigenvalue weighted by atomic mass is 32.1. The van der Waals surface area contributed by atoms with E-state index in [0.29, 0.717) is 5.13 Å². The first-order chi connectivity index (χ1) is 10.2. The fraction of sp³-hybridized carbons (Fsp3) is 0.0714. The van der Waals surface area contributed by atoms with Gasteiger partial charge in [-0.05, 0) is 24.3 Å². The highest BCUT2D eigenvalue weighted by Gasteiger charge is 2.08. The lowest BCUT2D eigenvalue weighted by Crippen LogP contribution is -2.26. The van der Waals surface area contributed by atoms with Crippen molar-refractivity contribution in [3.63, 3.8) is 0 Å². The van der Waals surface area contributed by atoms with Gasteiger partial charge in [0.2, 0.25) is 5.13 Å². The smallest absolute Gasteiger partial charge is 0.272 e. The minimum absolute atomic E-state index is 0.328. The van der Waals surface area contributed by atoms with Crippen LogP contribution in [0, 0.1) is 0 Å². The molecule has 0 radical (unpaired) electrons. The monoisotopic (exact) mass is 301 g/mol. The molecule has 1 aromatic carbocycles. The number of benzene rings is 1. The molecule has 0 fully saturated rings. The number of hydrogen-bond donors (Lipinski definition) is 1. The van der Waals surface area contributed by atoms with Gasteiger partial charge in [0.25, 0.3) is 11.1 Å². The van der Waals surface area contributed by atoms with Crippen molar-refractivity contribution in [1.82, 2.24) is 14.8 Å². The minimum atomic E-state index is -0.351. The van der Waals surface area contributed by atoms with Gasteiger partial charge < -0.3 is 4.74 Å². The first-order valence-corrected chi connectivity index (χ1v) is 6.98. The van der Waals surface area contributed by atoms with Gasteiger partial charge in [0.1, 0.15) is 5.75 Å². The van der Waals surface area contributed by atoms with Gasteiger partial charge >= 0.3 is 0 Å². The zero-order valence-electron chi connectivity index (χ0n) is 11.1. The number of hydrogen-bond acceptors (Lipinski definition) is 5. The predicted octanol–water partition coefficient (Wildman–Crippen LogP) is 1.66. The molecule has 0 aliphatic carbocycles. The van der Waals surface area contributed by atoms with Gasteiger partial charge in [0.05, 0.1) is 12.8 Å². The van der Waals surface area contributed by atoms with Crippen molar-refractivity contribution >= 4 is 11.3 Å². The number of rotatable bonds is 3. The number of methoxy groups -OCH3 is 1. The third-order valence-electron chi connectivity index (χ3n) is 2.89. The van der Waals surface area contributed by atoms with Gasteiger partial charge in [-0.25, -0.2) is 4.98 Å². The lowest BCUT2D eigenvalue weighted by molar-refractivity contribution is 0.415. The molecular formula is C14H11N3O3S. The van der Waals surface area contributed by atoms with Gasteiger partial charge in [-0.2, -0.15) is 4.68 Å². The van der Waals surface area contributed by atoms with Crippen molar-refractivity contribution in [2.75, 3.05) is 7.11 Å². The van der Waals surface area contributed by atoms with Crippen molar-refractivity contribution in [3.8, 4) is 22.1 Å². The molecule has 0 spiro atoms. The first kappa shape index (κ1) is 13.3. The van der Waals surface area contributed by atoms with Crippen LogP contribution >= 0.6 is 11.3 Å². The number of nitrogens with zero attached hydrogens (tertiary/aromatic N) is 2. The van der Waals surface area contributed by atoms with Crippen molar-refractivity contribution in [2.24, 2.45) is 0 Å². The van der Waals surface area contributed by atoms with E-state index in [0.717, 1.165) is 21.7 Å². The molecule has 3 aromatic rings. The van der Waals surface area contributed by atoms with E-state index in [9.17, 15) is 9.59 Å². The normalized spacial score (nSPS) is 10.5. The van der Waals surface area contributed by atoms with E-state index in [1.54, 1.807) is 7.11 Å². The Hall–Kier alpha value is -2.67. The van der Waals surface area contributed by atoms with Crippen LogP contribution in [0.2, 0.25) is 0 Å². The number of H-pyrrole nitrogens is 1. The minimum Gasteiger partial charge on any atom is -0.497 e. The summed E-state index contributed by atoms with van der Waals surface area (Å²) < 4.78 is 6.24. The average molecular weight is 301 g/mol. The Labute approximate surface area is 123 Å². The van der Waals surface area contributed by atoms with Crippen LogP contribution in [0.4, 0.5) is 0 Å². The summed E-state index contributed by atoms with van der Waals surface area (Å²) in [5.74, 6) is 0.762. The van der Waals surface area contributed by atoms with Gasteiger partial charge in [-0.3, -0.25) is 14.7 Å². The van der Waals surface area contributed by atoms with Crippen LogP contribution in [0.3, 0.4) is 0 Å². The van der Waals surface area contributed by atoms with Crippen molar-refractivity contribution in [1.29, 1.82) is 0 Å². The number of aromatic nitrogens is 3. The van der Waals surface area contributed by atoms with Crippen LogP contribution in [-0.2, 0) is 0 Å². The molecule has 0 bridgehead atoms. The average Bonchev–Trinajstić information content (AvgIpc) is 2.99. The Morgan fingerprint density at radius 3 is 2.62 bits per heavy atom. The molecule has 2 heterocycles. The fourth-order valence-electron chi connectivity index (χ4n) is 1.83. The SMILES string of the molecule is COc1ccc(-c2csc(-n3[nH]c(=O)ccc3=O)n2)cc1. The quantitative estimate of drug-likeness (QED) is 0.798. The van der Waals surface area contributed by atoms with E-state index in [-0.39, 0.29) is 11.1 Å². The van der Waals surface area contributed by atoms with E-state index in [4.69, 9.17) is 4.74 Å². The summed E-state index contributed by atoms with van der Waals surface area (Å²) in [6.45, 7) is 0.